The van der Waals surface area contributed by atoms with Crippen molar-refractivity contribution < 1.29 is 13.9 Å². The summed E-state index contributed by atoms with van der Waals surface area (Å²) < 4.78 is 11.3. The maximum Gasteiger partial charge on any atom is 0.262 e. The van der Waals surface area contributed by atoms with E-state index in [2.05, 4.69) is 5.32 Å². The number of carbonyl (C=O) groups is 1. The second kappa shape index (κ2) is 9.07. The van der Waals surface area contributed by atoms with Gasteiger partial charge in [-0.2, -0.15) is 0 Å². The van der Waals surface area contributed by atoms with E-state index < -0.39 is 0 Å². The minimum absolute atomic E-state index is 0.179. The molecule has 4 aromatic rings. The quantitative estimate of drug-likeness (QED) is 0.368. The van der Waals surface area contributed by atoms with Gasteiger partial charge < -0.3 is 14.5 Å². The lowest BCUT2D eigenvalue weighted by atomic mass is 10.1. The van der Waals surface area contributed by atoms with E-state index >= 15 is 0 Å². The van der Waals surface area contributed by atoms with Crippen molar-refractivity contribution in [3.05, 3.63) is 92.3 Å². The van der Waals surface area contributed by atoms with Gasteiger partial charge in [-0.05, 0) is 55.3 Å². The number of anilines is 1. The zero-order valence-corrected chi connectivity index (χ0v) is 18.9. The molecule has 1 amide bonds. The van der Waals surface area contributed by atoms with Gasteiger partial charge in [-0.3, -0.25) is 9.59 Å². The Morgan fingerprint density at radius 1 is 1.03 bits per heavy atom. The molecule has 0 atom stereocenters. The van der Waals surface area contributed by atoms with E-state index in [1.165, 1.54) is 6.26 Å². The SMILES string of the molecule is Cc1cccc(NC(=O)COc2ccc3c(=O)c(-c4ccc(Cl)cc4Cl)coc3c2)c1C. The van der Waals surface area contributed by atoms with E-state index in [1.54, 1.807) is 36.4 Å². The van der Waals surface area contributed by atoms with E-state index in [9.17, 15) is 9.59 Å². The van der Waals surface area contributed by atoms with Crippen molar-refractivity contribution in [3.63, 3.8) is 0 Å². The van der Waals surface area contributed by atoms with Gasteiger partial charge in [-0.25, -0.2) is 0 Å². The van der Waals surface area contributed by atoms with E-state index in [0.717, 1.165) is 16.8 Å². The van der Waals surface area contributed by atoms with Crippen molar-refractivity contribution in [2.24, 2.45) is 0 Å². The number of rotatable bonds is 5. The highest BCUT2D eigenvalue weighted by molar-refractivity contribution is 6.36. The van der Waals surface area contributed by atoms with Crippen molar-refractivity contribution in [3.8, 4) is 16.9 Å². The molecule has 1 heterocycles. The van der Waals surface area contributed by atoms with Crippen LogP contribution < -0.4 is 15.5 Å². The Morgan fingerprint density at radius 3 is 2.62 bits per heavy atom. The number of hydrogen-bond donors (Lipinski definition) is 1. The summed E-state index contributed by atoms with van der Waals surface area (Å²) in [4.78, 5) is 25.2. The van der Waals surface area contributed by atoms with Gasteiger partial charge >= 0.3 is 0 Å². The third-order valence-electron chi connectivity index (χ3n) is 5.22. The molecule has 0 radical (unpaired) electrons. The summed E-state index contributed by atoms with van der Waals surface area (Å²) in [7, 11) is 0. The monoisotopic (exact) mass is 467 g/mol. The van der Waals surface area contributed by atoms with Crippen LogP contribution in [0.25, 0.3) is 22.1 Å². The van der Waals surface area contributed by atoms with Crippen LogP contribution in [0, 0.1) is 13.8 Å². The fourth-order valence-corrected chi connectivity index (χ4v) is 3.82. The molecule has 0 bridgehead atoms. The van der Waals surface area contributed by atoms with Gasteiger partial charge in [0, 0.05) is 22.3 Å². The highest BCUT2D eigenvalue weighted by atomic mass is 35.5. The van der Waals surface area contributed by atoms with E-state index in [-0.39, 0.29) is 17.9 Å². The van der Waals surface area contributed by atoms with Crippen LogP contribution in [0.3, 0.4) is 0 Å². The third-order valence-corrected chi connectivity index (χ3v) is 5.76. The smallest absolute Gasteiger partial charge is 0.262 e. The number of benzene rings is 3. The summed E-state index contributed by atoms with van der Waals surface area (Å²) in [5.74, 6) is 0.127. The van der Waals surface area contributed by atoms with E-state index in [1.807, 2.05) is 32.0 Å². The largest absolute Gasteiger partial charge is 0.484 e. The summed E-state index contributed by atoms with van der Waals surface area (Å²) in [5.41, 5.74) is 3.83. The molecule has 0 spiro atoms. The molecule has 0 aliphatic carbocycles. The number of fused-ring (bicyclic) bond motifs is 1. The Kier molecular flexibility index (Phi) is 6.21. The van der Waals surface area contributed by atoms with Gasteiger partial charge in [0.2, 0.25) is 5.43 Å². The van der Waals surface area contributed by atoms with Crippen molar-refractivity contribution in [1.29, 1.82) is 0 Å². The van der Waals surface area contributed by atoms with Gasteiger partial charge in [0.15, 0.2) is 6.61 Å². The molecule has 0 saturated carbocycles. The molecule has 0 saturated heterocycles. The number of ether oxygens (including phenoxy) is 1. The molecular weight excluding hydrogens is 449 g/mol. The maximum absolute atomic E-state index is 12.9. The molecular formula is C25H19Cl2NO4. The fraction of sp³-hybridized carbons (Fsp3) is 0.120. The number of aryl methyl sites for hydroxylation is 1. The average molecular weight is 468 g/mol. The van der Waals surface area contributed by atoms with Gasteiger partial charge in [0.05, 0.1) is 16.0 Å². The topological polar surface area (TPSA) is 68.5 Å². The average Bonchev–Trinajstić information content (AvgIpc) is 2.76. The summed E-state index contributed by atoms with van der Waals surface area (Å²) in [6.07, 6.45) is 1.36. The van der Waals surface area contributed by atoms with Gasteiger partial charge in [0.1, 0.15) is 17.6 Å². The third kappa shape index (κ3) is 4.49. The first kappa shape index (κ1) is 21.9. The van der Waals surface area contributed by atoms with Crippen LogP contribution in [0.15, 0.2) is 70.1 Å². The molecule has 32 heavy (non-hydrogen) atoms. The molecule has 3 aromatic carbocycles. The Balaban J connectivity index is 1.52. The van der Waals surface area contributed by atoms with Crippen molar-refractivity contribution in [2.45, 2.75) is 13.8 Å². The Hall–Kier alpha value is -3.28. The van der Waals surface area contributed by atoms with Crippen LogP contribution in [0.2, 0.25) is 10.0 Å². The first-order valence-corrected chi connectivity index (χ1v) is 10.6. The van der Waals surface area contributed by atoms with Gasteiger partial charge in [-0.1, -0.05) is 41.4 Å². The Bertz CT molecular complexity index is 1390. The lowest BCUT2D eigenvalue weighted by Gasteiger charge is -2.11. The molecule has 7 heteroatoms. The molecule has 1 aromatic heterocycles. The normalized spacial score (nSPS) is 10.9. The number of carbonyl (C=O) groups excluding carboxylic acids is 1. The minimum atomic E-state index is -0.284. The molecule has 0 aliphatic heterocycles. The predicted octanol–water partition coefficient (Wildman–Crippen LogP) is 6.40. The first-order chi connectivity index (χ1) is 15.3. The second-order valence-corrected chi connectivity index (χ2v) is 8.19. The predicted molar refractivity (Wildman–Crippen MR) is 128 cm³/mol. The second-order valence-electron chi connectivity index (χ2n) is 7.34. The van der Waals surface area contributed by atoms with Crippen LogP contribution in [-0.2, 0) is 4.79 Å². The molecule has 0 fully saturated rings. The lowest BCUT2D eigenvalue weighted by Crippen LogP contribution is -2.20. The summed E-state index contributed by atoms with van der Waals surface area (Å²) in [6, 6.07) is 15.4. The molecule has 0 unspecified atom stereocenters. The molecule has 1 N–H and O–H groups in total. The Morgan fingerprint density at radius 2 is 1.84 bits per heavy atom. The highest BCUT2D eigenvalue weighted by Crippen LogP contribution is 2.30. The number of halogens is 2. The fourth-order valence-electron chi connectivity index (χ4n) is 3.31. The molecule has 0 aliphatic rings. The van der Waals surface area contributed by atoms with Gasteiger partial charge in [0.25, 0.3) is 5.91 Å². The van der Waals surface area contributed by atoms with Crippen molar-refractivity contribution in [2.75, 3.05) is 11.9 Å². The summed E-state index contributed by atoms with van der Waals surface area (Å²) in [6.45, 7) is 3.75. The molecule has 4 rings (SSSR count). The number of nitrogens with one attached hydrogen (secondary N) is 1. The first-order valence-electron chi connectivity index (χ1n) is 9.83. The van der Waals surface area contributed by atoms with Crippen molar-refractivity contribution >= 4 is 45.8 Å². The molecule has 5 nitrogen and oxygen atoms in total. The standard InChI is InChI=1S/C25H19Cl2NO4/c1-14-4-3-5-22(15(14)2)28-24(29)13-31-17-7-9-19-23(11-17)32-12-20(25(19)30)18-8-6-16(26)10-21(18)27/h3-12H,13H2,1-2H3,(H,28,29). The van der Waals surface area contributed by atoms with E-state index in [0.29, 0.717) is 37.9 Å². The number of amides is 1. The lowest BCUT2D eigenvalue weighted by molar-refractivity contribution is -0.118. The minimum Gasteiger partial charge on any atom is -0.484 e. The molecule has 162 valence electrons. The van der Waals surface area contributed by atoms with Crippen LogP contribution in [0.1, 0.15) is 11.1 Å². The van der Waals surface area contributed by atoms with Crippen LogP contribution >= 0.6 is 23.2 Å². The zero-order valence-electron chi connectivity index (χ0n) is 17.4. The van der Waals surface area contributed by atoms with Gasteiger partial charge in [-0.15, -0.1) is 0 Å². The van der Waals surface area contributed by atoms with Crippen LogP contribution in [0.5, 0.6) is 5.75 Å². The van der Waals surface area contributed by atoms with E-state index in [4.69, 9.17) is 32.4 Å². The Labute approximate surface area is 194 Å². The number of hydrogen-bond acceptors (Lipinski definition) is 4. The van der Waals surface area contributed by atoms with Crippen LogP contribution in [0.4, 0.5) is 5.69 Å². The maximum atomic E-state index is 12.9. The highest BCUT2D eigenvalue weighted by Gasteiger charge is 2.14. The van der Waals surface area contributed by atoms with Crippen LogP contribution in [-0.4, -0.2) is 12.5 Å². The summed E-state index contributed by atoms with van der Waals surface area (Å²) in [5, 5.41) is 4.06. The zero-order chi connectivity index (χ0) is 22.8. The summed E-state index contributed by atoms with van der Waals surface area (Å²) >= 11 is 12.2. The van der Waals surface area contributed by atoms with Crippen molar-refractivity contribution in [1.82, 2.24) is 0 Å².